The molecule has 0 bridgehead atoms. The van der Waals surface area contributed by atoms with Crippen LogP contribution in [0.15, 0.2) is 0 Å². The first-order valence-electron chi connectivity index (χ1n) is 7.93. The van der Waals surface area contributed by atoms with Crippen molar-refractivity contribution in [2.75, 3.05) is 18.6 Å². The molecule has 0 aromatic carbocycles. The number of carbonyl (C=O) groups is 2. The maximum atomic E-state index is 12.5. The molecule has 2 fully saturated rings. The van der Waals surface area contributed by atoms with Gasteiger partial charge in [0.1, 0.15) is 6.04 Å². The maximum absolute atomic E-state index is 12.5. The molecule has 1 aliphatic carbocycles. The van der Waals surface area contributed by atoms with Crippen LogP contribution in [0.5, 0.6) is 0 Å². The number of amides is 2. The number of urea groups is 1. The van der Waals surface area contributed by atoms with Gasteiger partial charge in [0.2, 0.25) is 0 Å². The normalized spacial score (nSPS) is 28.8. The second-order valence-electron chi connectivity index (χ2n) is 6.03. The van der Waals surface area contributed by atoms with Gasteiger partial charge in [0.25, 0.3) is 0 Å². The molecule has 1 saturated carbocycles. The number of thioether (sulfide) groups is 1. The van der Waals surface area contributed by atoms with Gasteiger partial charge in [-0.1, -0.05) is 12.8 Å². The fraction of sp³-hybridized carbons (Fsp3) is 0.867. The fourth-order valence-corrected chi connectivity index (χ4v) is 4.10. The standard InChI is InChI=1S/C15H26N2O3S/c1-21-10-4-9-16-15(20)17-12-6-3-2-5-11(12)7-8-13(17)14(18)19/h11-13H,2-10H2,1H3,(H,16,20)(H,18,19). The monoisotopic (exact) mass is 314 g/mol. The quantitative estimate of drug-likeness (QED) is 0.765. The van der Waals surface area contributed by atoms with Gasteiger partial charge >= 0.3 is 12.0 Å². The molecule has 2 rings (SSSR count). The van der Waals surface area contributed by atoms with E-state index >= 15 is 0 Å². The summed E-state index contributed by atoms with van der Waals surface area (Å²) >= 11 is 1.75. The van der Waals surface area contributed by atoms with E-state index in [-0.39, 0.29) is 12.1 Å². The third-order valence-corrected chi connectivity index (χ3v) is 5.39. The molecule has 3 atom stereocenters. The van der Waals surface area contributed by atoms with Crippen molar-refractivity contribution in [3.63, 3.8) is 0 Å². The molecule has 1 aliphatic heterocycles. The molecule has 2 aliphatic rings. The maximum Gasteiger partial charge on any atom is 0.326 e. The van der Waals surface area contributed by atoms with E-state index in [1.54, 1.807) is 16.7 Å². The Morgan fingerprint density at radius 2 is 2.00 bits per heavy atom. The zero-order chi connectivity index (χ0) is 15.2. The minimum absolute atomic E-state index is 0.120. The Morgan fingerprint density at radius 3 is 2.71 bits per heavy atom. The van der Waals surface area contributed by atoms with Gasteiger partial charge in [0.05, 0.1) is 0 Å². The summed E-state index contributed by atoms with van der Waals surface area (Å²) in [6.45, 7) is 0.625. The highest BCUT2D eigenvalue weighted by Crippen LogP contribution is 2.37. The van der Waals surface area contributed by atoms with Crippen LogP contribution >= 0.6 is 11.8 Å². The van der Waals surface area contributed by atoms with Crippen molar-refractivity contribution in [2.45, 2.75) is 57.0 Å². The molecule has 0 aromatic heterocycles. The average molecular weight is 314 g/mol. The molecular weight excluding hydrogens is 288 g/mol. The van der Waals surface area contributed by atoms with E-state index in [4.69, 9.17) is 0 Å². The van der Waals surface area contributed by atoms with Crippen LogP contribution in [0.2, 0.25) is 0 Å². The zero-order valence-corrected chi connectivity index (χ0v) is 13.5. The Balaban J connectivity index is 2.01. The molecular formula is C15H26N2O3S. The fourth-order valence-electron chi connectivity index (χ4n) is 3.67. The van der Waals surface area contributed by atoms with E-state index in [0.29, 0.717) is 18.9 Å². The Hall–Kier alpha value is -0.910. The Labute approximate surface area is 130 Å². The van der Waals surface area contributed by atoms with Gasteiger partial charge in [0.15, 0.2) is 0 Å². The number of carboxylic acids is 1. The van der Waals surface area contributed by atoms with Gasteiger partial charge in [-0.05, 0) is 50.0 Å². The van der Waals surface area contributed by atoms with E-state index in [1.165, 1.54) is 6.42 Å². The van der Waals surface area contributed by atoms with Gasteiger partial charge < -0.3 is 15.3 Å². The molecule has 6 heteroatoms. The van der Waals surface area contributed by atoms with Gasteiger partial charge in [-0.3, -0.25) is 0 Å². The van der Waals surface area contributed by atoms with Crippen LogP contribution in [-0.2, 0) is 4.79 Å². The average Bonchev–Trinajstić information content (AvgIpc) is 2.50. The molecule has 2 amide bonds. The third-order valence-electron chi connectivity index (χ3n) is 4.69. The molecule has 3 unspecified atom stereocenters. The highest BCUT2D eigenvalue weighted by Gasteiger charge is 2.43. The van der Waals surface area contributed by atoms with E-state index in [1.807, 2.05) is 6.26 Å². The molecule has 2 N–H and O–H groups in total. The number of aliphatic carboxylic acids is 1. The van der Waals surface area contributed by atoms with Crippen LogP contribution in [-0.4, -0.2) is 52.6 Å². The summed E-state index contributed by atoms with van der Waals surface area (Å²) < 4.78 is 0. The number of nitrogens with one attached hydrogen (secondary N) is 1. The molecule has 21 heavy (non-hydrogen) atoms. The minimum Gasteiger partial charge on any atom is -0.480 e. The molecule has 0 spiro atoms. The Kier molecular flexibility index (Phi) is 6.21. The number of rotatable bonds is 5. The Bertz CT molecular complexity index is 378. The smallest absolute Gasteiger partial charge is 0.326 e. The van der Waals surface area contributed by atoms with Crippen molar-refractivity contribution < 1.29 is 14.7 Å². The van der Waals surface area contributed by atoms with Crippen LogP contribution in [0.1, 0.15) is 44.9 Å². The topological polar surface area (TPSA) is 69.6 Å². The zero-order valence-electron chi connectivity index (χ0n) is 12.7. The predicted molar refractivity (Wildman–Crippen MR) is 84.6 cm³/mol. The number of hydrogen-bond acceptors (Lipinski definition) is 3. The summed E-state index contributed by atoms with van der Waals surface area (Å²) in [5.41, 5.74) is 0. The molecule has 0 radical (unpaired) electrons. The van der Waals surface area contributed by atoms with E-state index in [0.717, 1.165) is 37.9 Å². The van der Waals surface area contributed by atoms with Gasteiger partial charge in [-0.15, -0.1) is 0 Å². The first kappa shape index (κ1) is 16.5. The number of fused-ring (bicyclic) bond motifs is 1. The molecule has 1 saturated heterocycles. The van der Waals surface area contributed by atoms with Crippen molar-refractivity contribution in [1.82, 2.24) is 10.2 Å². The highest BCUT2D eigenvalue weighted by molar-refractivity contribution is 7.98. The number of carboxylic acid groups (broad SMARTS) is 1. The SMILES string of the molecule is CSCCCNC(=O)N1C(C(=O)O)CCC2CCCCC21. The minimum atomic E-state index is -0.863. The van der Waals surface area contributed by atoms with Crippen LogP contribution < -0.4 is 5.32 Å². The second-order valence-corrected chi connectivity index (χ2v) is 7.01. The third kappa shape index (κ3) is 4.05. The summed E-state index contributed by atoms with van der Waals surface area (Å²) in [5, 5.41) is 12.3. The number of nitrogens with zero attached hydrogens (tertiary/aromatic N) is 1. The second kappa shape index (κ2) is 7.92. The van der Waals surface area contributed by atoms with Crippen molar-refractivity contribution in [1.29, 1.82) is 0 Å². The van der Waals surface area contributed by atoms with Crippen LogP contribution in [0, 0.1) is 5.92 Å². The summed E-state index contributed by atoms with van der Waals surface area (Å²) in [4.78, 5) is 25.6. The summed E-state index contributed by atoms with van der Waals surface area (Å²) in [6, 6.07) is -0.709. The molecule has 5 nitrogen and oxygen atoms in total. The van der Waals surface area contributed by atoms with Crippen molar-refractivity contribution in [2.24, 2.45) is 5.92 Å². The molecule has 1 heterocycles. The predicted octanol–water partition coefficient (Wildman–Crippen LogP) is 2.56. The van der Waals surface area contributed by atoms with Crippen LogP contribution in [0.4, 0.5) is 4.79 Å². The first-order chi connectivity index (χ1) is 10.1. The van der Waals surface area contributed by atoms with Gasteiger partial charge in [-0.25, -0.2) is 9.59 Å². The van der Waals surface area contributed by atoms with Gasteiger partial charge in [0, 0.05) is 12.6 Å². The van der Waals surface area contributed by atoms with Crippen molar-refractivity contribution in [3.8, 4) is 0 Å². The van der Waals surface area contributed by atoms with Crippen LogP contribution in [0.25, 0.3) is 0 Å². The van der Waals surface area contributed by atoms with E-state index in [2.05, 4.69) is 5.32 Å². The largest absolute Gasteiger partial charge is 0.480 e. The lowest BCUT2D eigenvalue weighted by molar-refractivity contribution is -0.145. The lowest BCUT2D eigenvalue weighted by Crippen LogP contribution is -2.60. The van der Waals surface area contributed by atoms with Crippen LogP contribution in [0.3, 0.4) is 0 Å². The molecule has 120 valence electrons. The van der Waals surface area contributed by atoms with E-state index in [9.17, 15) is 14.7 Å². The summed E-state index contributed by atoms with van der Waals surface area (Å²) in [6.07, 6.45) is 8.89. The number of hydrogen-bond donors (Lipinski definition) is 2. The summed E-state index contributed by atoms with van der Waals surface area (Å²) in [7, 11) is 0. The van der Waals surface area contributed by atoms with Crippen molar-refractivity contribution >= 4 is 23.8 Å². The highest BCUT2D eigenvalue weighted by atomic mass is 32.2. The van der Waals surface area contributed by atoms with E-state index < -0.39 is 12.0 Å². The summed E-state index contributed by atoms with van der Waals surface area (Å²) in [5.74, 6) is 0.638. The Morgan fingerprint density at radius 1 is 1.24 bits per heavy atom. The first-order valence-corrected chi connectivity index (χ1v) is 9.32. The lowest BCUT2D eigenvalue weighted by Gasteiger charge is -2.46. The number of likely N-dealkylation sites (tertiary alicyclic amines) is 1. The van der Waals surface area contributed by atoms with Gasteiger partial charge in [-0.2, -0.15) is 11.8 Å². The molecule has 0 aromatic rings. The number of piperidine rings is 1. The van der Waals surface area contributed by atoms with Crippen molar-refractivity contribution in [3.05, 3.63) is 0 Å². The lowest BCUT2D eigenvalue weighted by atomic mass is 9.76. The number of carbonyl (C=O) groups excluding carboxylic acids is 1.